The predicted molar refractivity (Wildman–Crippen MR) is 79.4 cm³/mol. The molecular weight excluding hydrogens is 250 g/mol. The number of hydrogen-bond acceptors (Lipinski definition) is 3. The van der Waals surface area contributed by atoms with Gasteiger partial charge < -0.3 is 10.6 Å². The molecule has 4 heteroatoms. The number of aromatic nitrogens is 1. The minimum atomic E-state index is 0.110. The zero-order valence-corrected chi connectivity index (χ0v) is 11.5. The van der Waals surface area contributed by atoms with Gasteiger partial charge in [-0.15, -0.1) is 0 Å². The number of pyridine rings is 1. The molecule has 0 saturated carbocycles. The predicted octanol–water partition coefficient (Wildman–Crippen LogP) is 2.05. The second-order valence-corrected chi connectivity index (χ2v) is 5.35. The standard InChI is InChI=1S/C16H19N3O/c17-11-12-6-9-19(10-7-12)16(20)14-3-1-5-15-13(14)4-2-8-18-15/h1-5,8,12H,6-7,9-11,17H2. The van der Waals surface area contributed by atoms with Gasteiger partial charge in [0.25, 0.3) is 5.91 Å². The van der Waals surface area contributed by atoms with E-state index in [4.69, 9.17) is 5.73 Å². The van der Waals surface area contributed by atoms with Gasteiger partial charge in [-0.25, -0.2) is 0 Å². The second kappa shape index (κ2) is 5.59. The summed E-state index contributed by atoms with van der Waals surface area (Å²) in [6, 6.07) is 9.56. The van der Waals surface area contributed by atoms with Gasteiger partial charge in [-0.05, 0) is 43.5 Å². The Hall–Kier alpha value is -1.94. The molecule has 2 aromatic rings. The lowest BCUT2D eigenvalue weighted by molar-refractivity contribution is 0.0695. The van der Waals surface area contributed by atoms with Gasteiger partial charge in [0.1, 0.15) is 0 Å². The number of carbonyl (C=O) groups is 1. The Balaban J connectivity index is 1.86. The normalized spacial score (nSPS) is 16.6. The van der Waals surface area contributed by atoms with E-state index in [-0.39, 0.29) is 5.91 Å². The van der Waals surface area contributed by atoms with Crippen molar-refractivity contribution >= 4 is 16.8 Å². The number of amides is 1. The molecule has 0 unspecified atom stereocenters. The first-order valence-corrected chi connectivity index (χ1v) is 7.12. The van der Waals surface area contributed by atoms with Crippen molar-refractivity contribution in [2.75, 3.05) is 19.6 Å². The average molecular weight is 269 g/mol. The molecule has 2 N–H and O–H groups in total. The molecule has 1 fully saturated rings. The van der Waals surface area contributed by atoms with Crippen molar-refractivity contribution in [2.24, 2.45) is 11.7 Å². The van der Waals surface area contributed by atoms with Crippen LogP contribution >= 0.6 is 0 Å². The van der Waals surface area contributed by atoms with Crippen LogP contribution in [0.15, 0.2) is 36.5 Å². The number of hydrogen-bond donors (Lipinski definition) is 1. The van der Waals surface area contributed by atoms with Gasteiger partial charge in [-0.2, -0.15) is 0 Å². The van der Waals surface area contributed by atoms with E-state index in [1.54, 1.807) is 6.20 Å². The van der Waals surface area contributed by atoms with E-state index in [2.05, 4.69) is 4.98 Å². The third-order valence-electron chi connectivity index (χ3n) is 4.11. The molecule has 1 aromatic carbocycles. The Morgan fingerprint density at radius 1 is 1.25 bits per heavy atom. The van der Waals surface area contributed by atoms with E-state index >= 15 is 0 Å². The van der Waals surface area contributed by atoms with E-state index in [0.717, 1.165) is 48.9 Å². The van der Waals surface area contributed by atoms with Crippen LogP contribution in [0.4, 0.5) is 0 Å². The SMILES string of the molecule is NCC1CCN(C(=O)c2cccc3ncccc23)CC1. The lowest BCUT2D eigenvalue weighted by Crippen LogP contribution is -2.40. The van der Waals surface area contributed by atoms with Crippen molar-refractivity contribution in [2.45, 2.75) is 12.8 Å². The van der Waals surface area contributed by atoms with Gasteiger partial charge in [-0.3, -0.25) is 9.78 Å². The highest BCUT2D eigenvalue weighted by molar-refractivity contribution is 6.06. The first-order valence-electron chi connectivity index (χ1n) is 7.12. The molecule has 0 bridgehead atoms. The fourth-order valence-electron chi connectivity index (χ4n) is 2.83. The van der Waals surface area contributed by atoms with Crippen LogP contribution in [0.5, 0.6) is 0 Å². The van der Waals surface area contributed by atoms with Gasteiger partial charge in [-0.1, -0.05) is 12.1 Å². The largest absolute Gasteiger partial charge is 0.339 e. The van der Waals surface area contributed by atoms with Crippen LogP contribution < -0.4 is 5.73 Å². The molecule has 1 amide bonds. The third-order valence-corrected chi connectivity index (χ3v) is 4.11. The summed E-state index contributed by atoms with van der Waals surface area (Å²) in [5.74, 6) is 0.673. The number of carbonyl (C=O) groups excluding carboxylic acids is 1. The van der Waals surface area contributed by atoms with Gasteiger partial charge in [0, 0.05) is 30.2 Å². The number of nitrogens with zero attached hydrogens (tertiary/aromatic N) is 2. The average Bonchev–Trinajstić information content (AvgIpc) is 2.54. The topological polar surface area (TPSA) is 59.2 Å². The minimum absolute atomic E-state index is 0.110. The van der Waals surface area contributed by atoms with Crippen LogP contribution in [-0.4, -0.2) is 35.4 Å². The van der Waals surface area contributed by atoms with Crippen LogP contribution in [0, 0.1) is 5.92 Å². The number of nitrogens with two attached hydrogens (primary N) is 1. The van der Waals surface area contributed by atoms with E-state index in [1.165, 1.54) is 0 Å². The Bertz CT molecular complexity index is 613. The fourth-order valence-corrected chi connectivity index (χ4v) is 2.83. The zero-order chi connectivity index (χ0) is 13.9. The van der Waals surface area contributed by atoms with Gasteiger partial charge >= 0.3 is 0 Å². The van der Waals surface area contributed by atoms with Crippen molar-refractivity contribution < 1.29 is 4.79 Å². The lowest BCUT2D eigenvalue weighted by Gasteiger charge is -2.31. The monoisotopic (exact) mass is 269 g/mol. The fraction of sp³-hybridized carbons (Fsp3) is 0.375. The minimum Gasteiger partial charge on any atom is -0.339 e. The third kappa shape index (κ3) is 2.39. The van der Waals surface area contributed by atoms with Crippen molar-refractivity contribution in [1.29, 1.82) is 0 Å². The number of rotatable bonds is 2. The lowest BCUT2D eigenvalue weighted by atomic mass is 9.96. The molecule has 1 saturated heterocycles. The Morgan fingerprint density at radius 3 is 2.80 bits per heavy atom. The van der Waals surface area contributed by atoms with Crippen LogP contribution in [0.3, 0.4) is 0 Å². The maximum Gasteiger partial charge on any atom is 0.254 e. The molecule has 2 heterocycles. The summed E-state index contributed by atoms with van der Waals surface area (Å²) in [6.45, 7) is 2.33. The molecule has 3 rings (SSSR count). The number of fused-ring (bicyclic) bond motifs is 1. The van der Waals surface area contributed by atoms with Crippen LogP contribution in [0.1, 0.15) is 23.2 Å². The molecule has 104 valence electrons. The highest BCUT2D eigenvalue weighted by Crippen LogP contribution is 2.22. The van der Waals surface area contributed by atoms with E-state index in [9.17, 15) is 4.79 Å². The summed E-state index contributed by atoms with van der Waals surface area (Å²) in [5.41, 5.74) is 7.32. The Labute approximate surface area is 118 Å². The van der Waals surface area contributed by atoms with Crippen LogP contribution in [0.2, 0.25) is 0 Å². The van der Waals surface area contributed by atoms with Crippen molar-refractivity contribution in [3.8, 4) is 0 Å². The molecule has 0 atom stereocenters. The molecule has 0 aliphatic carbocycles. The smallest absolute Gasteiger partial charge is 0.254 e. The van der Waals surface area contributed by atoms with Crippen molar-refractivity contribution in [1.82, 2.24) is 9.88 Å². The Kier molecular flexibility index (Phi) is 3.65. The molecule has 0 spiro atoms. The molecule has 20 heavy (non-hydrogen) atoms. The number of benzene rings is 1. The first kappa shape index (κ1) is 13.1. The van der Waals surface area contributed by atoms with E-state index in [1.807, 2.05) is 35.2 Å². The van der Waals surface area contributed by atoms with Crippen LogP contribution in [0.25, 0.3) is 10.9 Å². The van der Waals surface area contributed by atoms with Crippen molar-refractivity contribution in [3.05, 3.63) is 42.1 Å². The van der Waals surface area contributed by atoms with Gasteiger partial charge in [0.15, 0.2) is 0 Å². The number of piperidine rings is 1. The maximum absolute atomic E-state index is 12.7. The summed E-state index contributed by atoms with van der Waals surface area (Å²) in [6.07, 6.45) is 3.76. The summed E-state index contributed by atoms with van der Waals surface area (Å²) in [7, 11) is 0. The summed E-state index contributed by atoms with van der Waals surface area (Å²) in [4.78, 5) is 18.9. The molecule has 0 radical (unpaired) electrons. The first-order chi connectivity index (χ1) is 9.79. The molecule has 1 aromatic heterocycles. The second-order valence-electron chi connectivity index (χ2n) is 5.35. The maximum atomic E-state index is 12.7. The van der Waals surface area contributed by atoms with Gasteiger partial charge in [0.2, 0.25) is 0 Å². The van der Waals surface area contributed by atoms with E-state index in [0.29, 0.717) is 5.92 Å². The summed E-state index contributed by atoms with van der Waals surface area (Å²) in [5, 5.41) is 0.931. The van der Waals surface area contributed by atoms with E-state index < -0.39 is 0 Å². The summed E-state index contributed by atoms with van der Waals surface area (Å²) < 4.78 is 0. The van der Waals surface area contributed by atoms with Crippen molar-refractivity contribution in [3.63, 3.8) is 0 Å². The molecule has 4 nitrogen and oxygen atoms in total. The number of likely N-dealkylation sites (tertiary alicyclic amines) is 1. The highest BCUT2D eigenvalue weighted by Gasteiger charge is 2.23. The highest BCUT2D eigenvalue weighted by atomic mass is 16.2. The Morgan fingerprint density at radius 2 is 2.05 bits per heavy atom. The van der Waals surface area contributed by atoms with Crippen LogP contribution in [-0.2, 0) is 0 Å². The summed E-state index contributed by atoms with van der Waals surface area (Å²) >= 11 is 0. The molecule has 1 aliphatic rings. The zero-order valence-electron chi connectivity index (χ0n) is 11.5. The van der Waals surface area contributed by atoms with Gasteiger partial charge in [0.05, 0.1) is 5.52 Å². The quantitative estimate of drug-likeness (QED) is 0.907. The molecule has 1 aliphatic heterocycles. The molecular formula is C16H19N3O.